The van der Waals surface area contributed by atoms with E-state index in [1.807, 2.05) is 24.3 Å². The first kappa shape index (κ1) is 15.5. The molecule has 0 aliphatic rings. The van der Waals surface area contributed by atoms with E-state index < -0.39 is 5.82 Å². The second-order valence-corrected chi connectivity index (χ2v) is 7.29. The van der Waals surface area contributed by atoms with Crippen LogP contribution in [0.5, 0.6) is 0 Å². The fraction of sp³-hybridized carbons (Fsp3) is 0. The van der Waals surface area contributed by atoms with Crippen LogP contribution < -0.4 is 5.56 Å². The van der Waals surface area contributed by atoms with E-state index in [0.717, 1.165) is 5.39 Å². The molecule has 0 N–H and O–H groups in total. The first-order chi connectivity index (χ1) is 13.7. The molecule has 0 unspecified atom stereocenters. The molecule has 28 heavy (non-hydrogen) atoms. The molecule has 6 rings (SSSR count). The molecule has 4 heterocycles. The minimum Gasteiger partial charge on any atom is -0.452 e. The van der Waals surface area contributed by atoms with Crippen molar-refractivity contribution >= 4 is 49.3 Å². The Hall–Kier alpha value is -3.58. The summed E-state index contributed by atoms with van der Waals surface area (Å²) in [6.07, 6.45) is 1.66. The van der Waals surface area contributed by atoms with Crippen LogP contribution in [0.15, 0.2) is 69.3 Å². The Kier molecular flexibility index (Phi) is 3.02. The molecule has 0 saturated carbocycles. The fourth-order valence-corrected chi connectivity index (χ4v) is 4.28. The predicted molar refractivity (Wildman–Crippen MR) is 107 cm³/mol. The first-order valence-corrected chi connectivity index (χ1v) is 9.46. The van der Waals surface area contributed by atoms with Crippen molar-refractivity contribution in [1.82, 2.24) is 14.4 Å². The molecule has 2 aromatic carbocycles. The van der Waals surface area contributed by atoms with Crippen LogP contribution in [0, 0.1) is 5.82 Å². The van der Waals surface area contributed by atoms with Gasteiger partial charge in [0, 0.05) is 22.5 Å². The summed E-state index contributed by atoms with van der Waals surface area (Å²) in [5.41, 5.74) is 2.27. The quantitative estimate of drug-likeness (QED) is 0.398. The molecular formula is C21H10FN3O2S. The van der Waals surface area contributed by atoms with E-state index in [0.29, 0.717) is 27.2 Å². The van der Waals surface area contributed by atoms with E-state index in [9.17, 15) is 9.18 Å². The van der Waals surface area contributed by atoms with E-state index in [1.54, 1.807) is 29.8 Å². The summed E-state index contributed by atoms with van der Waals surface area (Å²) >= 11 is 1.35. The van der Waals surface area contributed by atoms with Crippen molar-refractivity contribution in [2.75, 3.05) is 0 Å². The average Bonchev–Trinajstić information content (AvgIpc) is 3.33. The molecule has 0 amide bonds. The third kappa shape index (κ3) is 1.96. The number of rotatable bonds is 1. The van der Waals surface area contributed by atoms with Crippen LogP contribution in [-0.4, -0.2) is 14.4 Å². The van der Waals surface area contributed by atoms with Gasteiger partial charge in [0.1, 0.15) is 22.4 Å². The van der Waals surface area contributed by atoms with Gasteiger partial charge in [0.15, 0.2) is 10.5 Å². The summed E-state index contributed by atoms with van der Waals surface area (Å²) in [5, 5.41) is 2.83. The number of nitrogens with zero attached hydrogens (tertiary/aromatic N) is 3. The summed E-state index contributed by atoms with van der Waals surface area (Å²) in [5.74, 6) is -0.446. The van der Waals surface area contributed by atoms with Crippen molar-refractivity contribution in [2.45, 2.75) is 0 Å². The van der Waals surface area contributed by atoms with Gasteiger partial charge in [-0.1, -0.05) is 24.3 Å². The zero-order chi connectivity index (χ0) is 18.8. The molecule has 0 atom stereocenters. The Morgan fingerprint density at radius 3 is 2.71 bits per heavy atom. The summed E-state index contributed by atoms with van der Waals surface area (Å²) < 4.78 is 22.1. The summed E-state index contributed by atoms with van der Waals surface area (Å²) in [6, 6.07) is 13.8. The first-order valence-electron chi connectivity index (χ1n) is 8.58. The number of hydrogen-bond donors (Lipinski definition) is 0. The van der Waals surface area contributed by atoms with Crippen molar-refractivity contribution in [1.29, 1.82) is 0 Å². The molecule has 0 fully saturated rings. The molecule has 5 nitrogen and oxygen atoms in total. The van der Waals surface area contributed by atoms with Crippen molar-refractivity contribution in [2.24, 2.45) is 0 Å². The maximum atomic E-state index is 14.6. The van der Waals surface area contributed by atoms with Crippen molar-refractivity contribution in [3.63, 3.8) is 0 Å². The maximum absolute atomic E-state index is 14.6. The number of benzene rings is 2. The van der Waals surface area contributed by atoms with Crippen LogP contribution in [-0.2, 0) is 0 Å². The van der Waals surface area contributed by atoms with Gasteiger partial charge in [-0.2, -0.15) is 0 Å². The van der Waals surface area contributed by atoms with Gasteiger partial charge in [0.05, 0.1) is 11.1 Å². The molecule has 0 saturated heterocycles. The highest BCUT2D eigenvalue weighted by atomic mass is 32.1. The number of furan rings is 1. The van der Waals surface area contributed by atoms with E-state index in [4.69, 9.17) is 9.40 Å². The third-order valence-corrected chi connectivity index (χ3v) is 5.60. The van der Waals surface area contributed by atoms with Gasteiger partial charge < -0.3 is 4.42 Å². The molecule has 0 aliphatic heterocycles. The van der Waals surface area contributed by atoms with E-state index in [-0.39, 0.29) is 22.2 Å². The molecule has 0 radical (unpaired) electrons. The van der Waals surface area contributed by atoms with E-state index in [2.05, 4.69) is 4.98 Å². The Morgan fingerprint density at radius 2 is 1.82 bits per heavy atom. The molecule has 0 aliphatic carbocycles. The normalized spacial score (nSPS) is 11.9. The number of pyridine rings is 1. The minimum atomic E-state index is -0.446. The van der Waals surface area contributed by atoms with E-state index in [1.165, 1.54) is 21.8 Å². The lowest BCUT2D eigenvalue weighted by Gasteiger charge is -2.07. The SMILES string of the molecule is O=c1c2c(-c3ccccc3F)nc3c4ccccc4oc3c2nc2sccn12. The maximum Gasteiger partial charge on any atom is 0.268 e. The largest absolute Gasteiger partial charge is 0.452 e. The van der Waals surface area contributed by atoms with Crippen molar-refractivity contribution in [3.05, 3.63) is 76.3 Å². The molecule has 7 heteroatoms. The topological polar surface area (TPSA) is 60.4 Å². The zero-order valence-corrected chi connectivity index (χ0v) is 15.0. The van der Waals surface area contributed by atoms with Gasteiger partial charge in [-0.25, -0.2) is 14.4 Å². The second-order valence-electron chi connectivity index (χ2n) is 6.41. The fourth-order valence-electron chi connectivity index (χ4n) is 3.58. The Bertz CT molecular complexity index is 1610. The van der Waals surface area contributed by atoms with Crippen molar-refractivity contribution in [3.8, 4) is 11.3 Å². The molecule has 134 valence electrons. The zero-order valence-electron chi connectivity index (χ0n) is 14.2. The molecule has 6 aromatic rings. The molecule has 0 bridgehead atoms. The molecule has 4 aromatic heterocycles. The van der Waals surface area contributed by atoms with Crippen LogP contribution in [0.25, 0.3) is 49.2 Å². The highest BCUT2D eigenvalue weighted by molar-refractivity contribution is 7.15. The number of fused-ring (bicyclic) bond motifs is 6. The predicted octanol–water partition coefficient (Wildman–Crippen LogP) is 5.01. The number of halogens is 1. The van der Waals surface area contributed by atoms with Gasteiger partial charge in [0.25, 0.3) is 5.56 Å². The molecular weight excluding hydrogens is 377 g/mol. The van der Waals surface area contributed by atoms with E-state index >= 15 is 0 Å². The average molecular weight is 387 g/mol. The Labute approximate surface area is 160 Å². The second kappa shape index (κ2) is 5.46. The summed E-state index contributed by atoms with van der Waals surface area (Å²) in [6.45, 7) is 0. The van der Waals surface area contributed by atoms with Gasteiger partial charge >= 0.3 is 0 Å². The molecule has 0 spiro atoms. The van der Waals surface area contributed by atoms with Crippen LogP contribution in [0.3, 0.4) is 0 Å². The number of aromatic nitrogens is 3. The number of thiazole rings is 1. The minimum absolute atomic E-state index is 0.243. The summed E-state index contributed by atoms with van der Waals surface area (Å²) in [7, 11) is 0. The highest BCUT2D eigenvalue weighted by Gasteiger charge is 2.22. The van der Waals surface area contributed by atoms with Gasteiger partial charge in [-0.15, -0.1) is 11.3 Å². The van der Waals surface area contributed by atoms with Crippen LogP contribution in [0.4, 0.5) is 4.39 Å². The number of para-hydroxylation sites is 1. The Morgan fingerprint density at radius 1 is 1.00 bits per heavy atom. The lowest BCUT2D eigenvalue weighted by atomic mass is 10.1. The smallest absolute Gasteiger partial charge is 0.268 e. The lowest BCUT2D eigenvalue weighted by molar-refractivity contribution is 0.631. The monoisotopic (exact) mass is 387 g/mol. The standard InChI is InChI=1S/C21H10FN3O2S/c22-13-7-3-1-5-11(13)16-15-18(24-21-25(20(15)26)9-10-28-21)19-17(23-16)12-6-2-4-8-14(12)27-19/h1-10H. The van der Waals surface area contributed by atoms with Crippen LogP contribution in [0.2, 0.25) is 0 Å². The van der Waals surface area contributed by atoms with Gasteiger partial charge in [-0.05, 0) is 24.3 Å². The van der Waals surface area contributed by atoms with Crippen molar-refractivity contribution < 1.29 is 8.81 Å². The highest BCUT2D eigenvalue weighted by Crippen LogP contribution is 2.36. The van der Waals surface area contributed by atoms with Crippen LogP contribution in [0.1, 0.15) is 0 Å². The Balaban J connectivity index is 1.94. The number of hydrogen-bond acceptors (Lipinski definition) is 5. The summed E-state index contributed by atoms with van der Waals surface area (Å²) in [4.78, 5) is 23.1. The lowest BCUT2D eigenvalue weighted by Crippen LogP contribution is -2.14. The third-order valence-electron chi connectivity index (χ3n) is 4.84. The van der Waals surface area contributed by atoms with Gasteiger partial charge in [0.2, 0.25) is 0 Å². The van der Waals surface area contributed by atoms with Crippen LogP contribution >= 0.6 is 11.3 Å². The van der Waals surface area contributed by atoms with Gasteiger partial charge in [-0.3, -0.25) is 9.20 Å².